The zero-order valence-corrected chi connectivity index (χ0v) is 21.1. The largest absolute Gasteiger partial charge is 1.00 e. The maximum atomic E-state index is 13.0. The number of fused-ring (bicyclic) bond motifs is 1. The Labute approximate surface area is 224 Å². The van der Waals surface area contributed by atoms with Gasteiger partial charge in [0, 0.05) is 48.2 Å². The molecule has 0 spiro atoms. The maximum Gasteiger partial charge on any atom is 1.00 e. The number of hydrogen-bond donors (Lipinski definition) is 1. The van der Waals surface area contributed by atoms with Gasteiger partial charge in [-0.1, -0.05) is 47.5 Å². The molecule has 1 amide bonds. The second kappa shape index (κ2) is 10.5. The number of carbonyl (C=O) groups excluding carboxylic acids is 2. The topological polar surface area (TPSA) is 130 Å². The van der Waals surface area contributed by atoms with Crippen LogP contribution in [0.2, 0.25) is 10.0 Å². The zero-order valence-electron chi connectivity index (χ0n) is 17.6. The predicted molar refractivity (Wildman–Crippen MR) is 121 cm³/mol. The quantitative estimate of drug-likeness (QED) is 0.137. The monoisotopic (exact) mass is 506 g/mol. The standard InChI is InChI=1S/C22H14Cl2N4O5.Na/c23-17-8-25-9-18(24)20(17)26-22(31)21(30)16-11-27(19-5-4-14(29)7-15(16)19)10-12-2-1-3-13(6-12)28(32)33;/h1-9,11,29H,10H2,(H,25,26,31);/q;+1/p-1. The number of nitro groups is 1. The zero-order chi connectivity index (χ0) is 23.7. The molecular formula is C22H13Cl2N4NaO5. The summed E-state index contributed by atoms with van der Waals surface area (Å²) in [6.45, 7) is 0.174. The van der Waals surface area contributed by atoms with E-state index in [9.17, 15) is 24.8 Å². The van der Waals surface area contributed by atoms with Crippen molar-refractivity contribution in [2.75, 3.05) is 5.32 Å². The molecule has 0 aliphatic rings. The van der Waals surface area contributed by atoms with Crippen LogP contribution in [0.3, 0.4) is 0 Å². The van der Waals surface area contributed by atoms with Gasteiger partial charge in [0.25, 0.3) is 17.4 Å². The normalized spacial score (nSPS) is 10.5. The second-order valence-electron chi connectivity index (χ2n) is 7.04. The molecule has 0 saturated carbocycles. The van der Waals surface area contributed by atoms with Crippen molar-refractivity contribution in [3.8, 4) is 5.75 Å². The molecule has 0 fully saturated rings. The molecule has 0 aliphatic heterocycles. The molecule has 34 heavy (non-hydrogen) atoms. The van der Waals surface area contributed by atoms with Crippen LogP contribution in [0.4, 0.5) is 11.4 Å². The van der Waals surface area contributed by atoms with Crippen LogP contribution in [0.25, 0.3) is 10.9 Å². The fourth-order valence-corrected chi connectivity index (χ4v) is 3.84. The van der Waals surface area contributed by atoms with E-state index >= 15 is 0 Å². The van der Waals surface area contributed by atoms with Gasteiger partial charge in [-0.2, -0.15) is 0 Å². The van der Waals surface area contributed by atoms with E-state index in [4.69, 9.17) is 23.2 Å². The third-order valence-corrected chi connectivity index (χ3v) is 5.44. The first kappa shape index (κ1) is 25.7. The molecule has 2 aromatic carbocycles. The number of nitro benzene ring substituents is 1. The first-order chi connectivity index (χ1) is 15.7. The number of non-ortho nitro benzene ring substituents is 1. The van der Waals surface area contributed by atoms with Crippen LogP contribution >= 0.6 is 23.2 Å². The molecule has 0 bridgehead atoms. The summed E-state index contributed by atoms with van der Waals surface area (Å²) in [5.41, 5.74) is 1.07. The molecule has 12 heteroatoms. The van der Waals surface area contributed by atoms with Gasteiger partial charge in [0.15, 0.2) is 0 Å². The number of rotatable bonds is 6. The van der Waals surface area contributed by atoms with Crippen LogP contribution in [0.1, 0.15) is 15.9 Å². The molecule has 0 atom stereocenters. The number of carbonyl (C=O) groups is 2. The smallest absolute Gasteiger partial charge is 0.872 e. The molecular weight excluding hydrogens is 494 g/mol. The summed E-state index contributed by atoms with van der Waals surface area (Å²) in [4.78, 5) is 40.0. The Morgan fingerprint density at radius 3 is 2.47 bits per heavy atom. The Morgan fingerprint density at radius 1 is 1.09 bits per heavy atom. The Morgan fingerprint density at radius 2 is 1.79 bits per heavy atom. The summed E-state index contributed by atoms with van der Waals surface area (Å²) in [6.07, 6.45) is 3.96. The van der Waals surface area contributed by atoms with Crippen LogP contribution < -0.4 is 40.0 Å². The number of aromatic nitrogens is 2. The molecule has 2 heterocycles. The average molecular weight is 507 g/mol. The first-order valence-electron chi connectivity index (χ1n) is 9.42. The van der Waals surface area contributed by atoms with Crippen LogP contribution in [0, 0.1) is 10.1 Å². The van der Waals surface area contributed by atoms with E-state index in [1.165, 1.54) is 48.9 Å². The van der Waals surface area contributed by atoms with E-state index < -0.39 is 16.6 Å². The van der Waals surface area contributed by atoms with Crippen molar-refractivity contribution in [3.63, 3.8) is 0 Å². The molecule has 4 rings (SSSR count). The second-order valence-corrected chi connectivity index (χ2v) is 7.85. The number of amides is 1. The van der Waals surface area contributed by atoms with Crippen LogP contribution in [-0.4, -0.2) is 26.2 Å². The Balaban J connectivity index is 0.00000324. The molecule has 166 valence electrons. The molecule has 9 nitrogen and oxygen atoms in total. The van der Waals surface area contributed by atoms with Crippen molar-refractivity contribution in [3.05, 3.63) is 92.3 Å². The van der Waals surface area contributed by atoms with E-state index in [0.717, 1.165) is 0 Å². The van der Waals surface area contributed by atoms with Gasteiger partial charge < -0.3 is 15.0 Å². The maximum absolute atomic E-state index is 13.0. The van der Waals surface area contributed by atoms with Gasteiger partial charge in [0.2, 0.25) is 0 Å². The Kier molecular flexibility index (Phi) is 7.96. The Hall–Kier alpha value is -2.95. The molecule has 2 aromatic heterocycles. The number of hydrogen-bond acceptors (Lipinski definition) is 6. The SMILES string of the molecule is O=C(Nc1c(Cl)cncc1Cl)C(=O)c1cn(Cc2cccc([N+](=O)[O-])c2)c2ccc([O-])cc12.[Na+]. The number of nitrogens with one attached hydrogen (secondary N) is 1. The molecule has 0 saturated heterocycles. The van der Waals surface area contributed by atoms with Gasteiger partial charge in [-0.3, -0.25) is 24.7 Å². The van der Waals surface area contributed by atoms with Gasteiger partial charge in [0.1, 0.15) is 0 Å². The van der Waals surface area contributed by atoms with Crippen LogP contribution in [-0.2, 0) is 11.3 Å². The number of halogens is 2. The van der Waals surface area contributed by atoms with Gasteiger partial charge in [-0.15, -0.1) is 5.75 Å². The van der Waals surface area contributed by atoms with E-state index in [2.05, 4.69) is 10.3 Å². The van der Waals surface area contributed by atoms with Crippen molar-refractivity contribution >= 4 is 57.2 Å². The van der Waals surface area contributed by atoms with Crippen LogP contribution in [0.5, 0.6) is 5.75 Å². The number of Topliss-reactive ketones (excluding diaryl/α,β-unsaturated/α-hetero) is 1. The number of pyridine rings is 1. The number of ketones is 1. The summed E-state index contributed by atoms with van der Waals surface area (Å²) in [5.74, 6) is -2.26. The summed E-state index contributed by atoms with van der Waals surface area (Å²) < 4.78 is 1.64. The van der Waals surface area contributed by atoms with E-state index in [1.54, 1.807) is 16.7 Å². The van der Waals surface area contributed by atoms with Crippen molar-refractivity contribution in [1.82, 2.24) is 9.55 Å². The minimum atomic E-state index is -1.00. The predicted octanol–water partition coefficient (Wildman–Crippen LogP) is 1.20. The van der Waals surface area contributed by atoms with Gasteiger partial charge >= 0.3 is 29.6 Å². The van der Waals surface area contributed by atoms with Crippen molar-refractivity contribution in [1.29, 1.82) is 0 Å². The molecule has 0 unspecified atom stereocenters. The first-order valence-corrected chi connectivity index (χ1v) is 10.2. The van der Waals surface area contributed by atoms with Crippen molar-refractivity contribution < 1.29 is 49.2 Å². The molecule has 1 N–H and O–H groups in total. The molecule has 4 aromatic rings. The molecule has 0 radical (unpaired) electrons. The third kappa shape index (κ3) is 5.24. The fourth-order valence-electron chi connectivity index (χ4n) is 3.38. The van der Waals surface area contributed by atoms with Gasteiger partial charge in [-0.25, -0.2) is 0 Å². The Bertz CT molecular complexity index is 1420. The summed E-state index contributed by atoms with van der Waals surface area (Å²) in [5, 5.41) is 25.8. The van der Waals surface area contributed by atoms with Gasteiger partial charge in [-0.05, 0) is 11.6 Å². The minimum Gasteiger partial charge on any atom is -0.872 e. The summed E-state index contributed by atoms with van der Waals surface area (Å²) in [6, 6.07) is 10.1. The minimum absolute atomic E-state index is 0. The van der Waals surface area contributed by atoms with Crippen molar-refractivity contribution in [2.24, 2.45) is 0 Å². The fraction of sp³-hybridized carbons (Fsp3) is 0.0455. The average Bonchev–Trinajstić information content (AvgIpc) is 3.13. The van der Waals surface area contributed by atoms with Crippen molar-refractivity contribution in [2.45, 2.75) is 6.54 Å². The van der Waals surface area contributed by atoms with Crippen LogP contribution in [0.15, 0.2) is 61.1 Å². The number of benzene rings is 2. The number of nitrogens with zero attached hydrogens (tertiary/aromatic N) is 3. The van der Waals surface area contributed by atoms with Gasteiger partial charge in [0.05, 0.1) is 26.2 Å². The summed E-state index contributed by atoms with van der Waals surface area (Å²) in [7, 11) is 0. The summed E-state index contributed by atoms with van der Waals surface area (Å²) >= 11 is 12.0. The van der Waals surface area contributed by atoms with E-state index in [1.807, 2.05) is 0 Å². The molecule has 0 aliphatic carbocycles. The van der Waals surface area contributed by atoms with E-state index in [0.29, 0.717) is 11.1 Å². The third-order valence-electron chi connectivity index (χ3n) is 4.87. The van der Waals surface area contributed by atoms with E-state index in [-0.39, 0.29) is 74.2 Å². The number of anilines is 1.